The van der Waals surface area contributed by atoms with E-state index in [2.05, 4.69) is 10.6 Å². The van der Waals surface area contributed by atoms with Crippen molar-refractivity contribution in [2.75, 3.05) is 18.4 Å². The van der Waals surface area contributed by atoms with E-state index in [1.54, 1.807) is 6.07 Å². The number of hydrogen-bond acceptors (Lipinski definition) is 4. The minimum absolute atomic E-state index is 0.0745. The van der Waals surface area contributed by atoms with Gasteiger partial charge in [0.25, 0.3) is 5.91 Å². The van der Waals surface area contributed by atoms with Crippen molar-refractivity contribution in [2.24, 2.45) is 0 Å². The van der Waals surface area contributed by atoms with Crippen LogP contribution in [0.1, 0.15) is 12.8 Å². The molecule has 3 rings (SSSR count). The van der Waals surface area contributed by atoms with Crippen molar-refractivity contribution in [3.63, 3.8) is 0 Å². The van der Waals surface area contributed by atoms with Crippen LogP contribution in [0.5, 0.6) is 11.5 Å². The second-order valence-electron chi connectivity index (χ2n) is 4.54. The summed E-state index contributed by atoms with van der Waals surface area (Å²) in [5.41, 5.74) is 1.37. The number of phenols is 1. The Labute approximate surface area is 115 Å². The molecule has 0 spiro atoms. The number of phenolic OH excluding ortho intramolecular Hbond substituents is 1. The lowest BCUT2D eigenvalue weighted by Crippen LogP contribution is -2.30. The van der Waals surface area contributed by atoms with Crippen molar-refractivity contribution in [1.29, 1.82) is 0 Å². The summed E-state index contributed by atoms with van der Waals surface area (Å²) in [7, 11) is 0. The molecule has 100 valence electrons. The van der Waals surface area contributed by atoms with Gasteiger partial charge in [-0.15, -0.1) is 0 Å². The maximum atomic E-state index is 12.0. The minimum Gasteiger partial charge on any atom is -0.504 e. The Balaban J connectivity index is 2.02. The topological polar surface area (TPSA) is 70.6 Å². The average Bonchev–Trinajstić information content (AvgIpc) is 2.38. The van der Waals surface area contributed by atoms with Crippen LogP contribution in [-0.2, 0) is 4.79 Å². The Bertz CT molecular complexity index is 575. The zero-order valence-corrected chi connectivity index (χ0v) is 10.9. The van der Waals surface area contributed by atoms with Crippen molar-refractivity contribution in [2.45, 2.75) is 12.8 Å². The minimum atomic E-state index is -0.286. The molecule has 2 aliphatic heterocycles. The lowest BCUT2D eigenvalue weighted by atomic mass is 10.0. The van der Waals surface area contributed by atoms with Crippen molar-refractivity contribution in [1.82, 2.24) is 5.32 Å². The first-order chi connectivity index (χ1) is 9.15. The first-order valence-corrected chi connectivity index (χ1v) is 6.47. The van der Waals surface area contributed by atoms with Crippen LogP contribution in [0.3, 0.4) is 0 Å². The molecule has 0 unspecified atom stereocenters. The van der Waals surface area contributed by atoms with Gasteiger partial charge in [0.1, 0.15) is 0 Å². The summed E-state index contributed by atoms with van der Waals surface area (Å²) in [6.45, 7) is 1.66. The Hall–Kier alpha value is -1.72. The molecule has 3 N–H and O–H groups in total. The summed E-state index contributed by atoms with van der Waals surface area (Å²) in [5, 5.41) is 16.1. The second-order valence-corrected chi connectivity index (χ2v) is 4.98. The van der Waals surface area contributed by atoms with E-state index in [1.165, 1.54) is 6.07 Å². The summed E-state index contributed by atoms with van der Waals surface area (Å²) >= 11 is 5.83. The maximum Gasteiger partial charge on any atom is 0.291 e. The summed E-state index contributed by atoms with van der Waals surface area (Å²) in [5.74, 6) is 0.192. The number of carbonyl (C=O) groups excluding carboxylic acids is 1. The molecule has 19 heavy (non-hydrogen) atoms. The smallest absolute Gasteiger partial charge is 0.291 e. The molecule has 2 aliphatic rings. The van der Waals surface area contributed by atoms with Gasteiger partial charge in [0.2, 0.25) is 0 Å². The van der Waals surface area contributed by atoms with Crippen molar-refractivity contribution in [3.05, 3.63) is 28.5 Å². The molecule has 0 aromatic heterocycles. The first-order valence-electron chi connectivity index (χ1n) is 6.09. The van der Waals surface area contributed by atoms with Gasteiger partial charge < -0.3 is 20.5 Å². The quantitative estimate of drug-likeness (QED) is 0.636. The molecule has 6 heteroatoms. The fraction of sp³-hybridized carbons (Fsp3) is 0.308. The monoisotopic (exact) mass is 280 g/mol. The van der Waals surface area contributed by atoms with E-state index >= 15 is 0 Å². The number of benzene rings is 1. The summed E-state index contributed by atoms with van der Waals surface area (Å²) in [6.07, 6.45) is 1.54. The van der Waals surface area contributed by atoms with E-state index in [-0.39, 0.29) is 17.4 Å². The van der Waals surface area contributed by atoms with Crippen LogP contribution < -0.4 is 15.4 Å². The molecule has 5 nitrogen and oxygen atoms in total. The summed E-state index contributed by atoms with van der Waals surface area (Å²) < 4.78 is 5.60. The molecule has 1 aromatic carbocycles. The number of carbonyl (C=O) groups is 1. The van der Waals surface area contributed by atoms with Gasteiger partial charge >= 0.3 is 0 Å². The van der Waals surface area contributed by atoms with E-state index in [9.17, 15) is 9.90 Å². The van der Waals surface area contributed by atoms with Gasteiger partial charge in [-0.05, 0) is 37.6 Å². The highest BCUT2D eigenvalue weighted by atomic mass is 35.5. The lowest BCUT2D eigenvalue weighted by Gasteiger charge is -2.25. The normalized spacial score (nSPS) is 18.7. The molecule has 1 amide bonds. The maximum absolute atomic E-state index is 12.0. The van der Waals surface area contributed by atoms with Gasteiger partial charge in [0, 0.05) is 11.1 Å². The highest BCUT2D eigenvalue weighted by Gasteiger charge is 2.28. The van der Waals surface area contributed by atoms with E-state index < -0.39 is 0 Å². The second kappa shape index (κ2) is 4.75. The number of rotatable bonds is 0. The molecule has 0 radical (unpaired) electrons. The zero-order valence-electron chi connectivity index (χ0n) is 10.1. The van der Waals surface area contributed by atoms with Gasteiger partial charge in [-0.3, -0.25) is 4.79 Å². The fourth-order valence-electron chi connectivity index (χ4n) is 2.30. The molecule has 1 saturated heterocycles. The number of nitrogens with one attached hydrogen (secondary N) is 2. The van der Waals surface area contributed by atoms with Crippen LogP contribution in [0.2, 0.25) is 5.02 Å². The number of anilines is 1. The highest BCUT2D eigenvalue weighted by Crippen LogP contribution is 2.42. The van der Waals surface area contributed by atoms with Crippen molar-refractivity contribution < 1.29 is 14.6 Å². The third-order valence-corrected chi connectivity index (χ3v) is 3.44. The summed E-state index contributed by atoms with van der Waals surface area (Å²) in [6, 6.07) is 2.95. The number of halogens is 1. The number of aromatic hydroxyl groups is 1. The standard InChI is InChI=1S/C13H13ClN2O3/c14-8-5-9-12(10(17)6-8)19-11(13(18)16-9)7-1-3-15-4-2-7/h5-6,15,17H,1-4H2,(H,16,18). The molecule has 1 aromatic rings. The predicted octanol–water partition coefficient (Wildman–Crippen LogP) is 2.01. The molecular formula is C13H13ClN2O3. The SMILES string of the molecule is O=C1Nc2cc(Cl)cc(O)c2OC1=C1CCNCC1. The van der Waals surface area contributed by atoms with E-state index in [1.807, 2.05) is 0 Å². The molecule has 0 bridgehead atoms. The number of ether oxygens (including phenoxy) is 1. The van der Waals surface area contributed by atoms with Gasteiger partial charge in [0.15, 0.2) is 17.3 Å². The van der Waals surface area contributed by atoms with Gasteiger partial charge in [0.05, 0.1) is 5.69 Å². The molecule has 2 heterocycles. The third kappa shape index (κ3) is 2.27. The van der Waals surface area contributed by atoms with Crippen LogP contribution in [0, 0.1) is 0 Å². The van der Waals surface area contributed by atoms with Crippen LogP contribution in [-0.4, -0.2) is 24.1 Å². The van der Waals surface area contributed by atoms with Crippen LogP contribution in [0.15, 0.2) is 23.5 Å². The van der Waals surface area contributed by atoms with E-state index in [0.29, 0.717) is 16.5 Å². The van der Waals surface area contributed by atoms with E-state index in [4.69, 9.17) is 16.3 Å². The number of hydrogen-bond donors (Lipinski definition) is 3. The van der Waals surface area contributed by atoms with Gasteiger partial charge in [-0.25, -0.2) is 0 Å². The number of fused-ring (bicyclic) bond motifs is 1. The zero-order chi connectivity index (χ0) is 13.4. The molecule has 1 fully saturated rings. The molecule has 0 atom stereocenters. The first kappa shape index (κ1) is 12.3. The molecule has 0 saturated carbocycles. The number of piperidine rings is 1. The third-order valence-electron chi connectivity index (χ3n) is 3.22. The highest BCUT2D eigenvalue weighted by molar-refractivity contribution is 6.31. The number of amides is 1. The Morgan fingerprint density at radius 3 is 2.74 bits per heavy atom. The van der Waals surface area contributed by atoms with E-state index in [0.717, 1.165) is 31.5 Å². The Kier molecular flexibility index (Phi) is 3.08. The predicted molar refractivity (Wildman–Crippen MR) is 71.5 cm³/mol. The summed E-state index contributed by atoms with van der Waals surface area (Å²) in [4.78, 5) is 12.0. The Morgan fingerprint density at radius 2 is 2.00 bits per heavy atom. The Morgan fingerprint density at radius 1 is 1.26 bits per heavy atom. The van der Waals surface area contributed by atoms with Gasteiger partial charge in [-0.2, -0.15) is 0 Å². The largest absolute Gasteiger partial charge is 0.504 e. The van der Waals surface area contributed by atoms with Crippen LogP contribution >= 0.6 is 11.6 Å². The van der Waals surface area contributed by atoms with Crippen molar-refractivity contribution >= 4 is 23.2 Å². The van der Waals surface area contributed by atoms with Crippen molar-refractivity contribution in [3.8, 4) is 11.5 Å². The molecular weight excluding hydrogens is 268 g/mol. The molecule has 0 aliphatic carbocycles. The van der Waals surface area contributed by atoms with Gasteiger partial charge in [-0.1, -0.05) is 11.6 Å². The fourth-order valence-corrected chi connectivity index (χ4v) is 2.51. The van der Waals surface area contributed by atoms with Crippen LogP contribution in [0.25, 0.3) is 0 Å². The average molecular weight is 281 g/mol. The van der Waals surface area contributed by atoms with Crippen LogP contribution in [0.4, 0.5) is 5.69 Å². The lowest BCUT2D eigenvalue weighted by molar-refractivity contribution is -0.115.